The van der Waals surface area contributed by atoms with Gasteiger partial charge in [-0.15, -0.1) is 0 Å². The van der Waals surface area contributed by atoms with E-state index < -0.39 is 0 Å². The van der Waals surface area contributed by atoms with E-state index in [2.05, 4.69) is 121 Å². The van der Waals surface area contributed by atoms with Crippen molar-refractivity contribution in [3.63, 3.8) is 0 Å². The first-order chi connectivity index (χ1) is 15.0. The Balaban J connectivity index is 3.02. The second-order valence-corrected chi connectivity index (χ2v) is 14.5. The SMILES string of the molecule is CCC(C)(c1cc(C(C)(C)C)c(O)c(C(C)(C)C)c1)c1cc(C(C)(C)C)c(O)c(C(C)(C)C)c1. The van der Waals surface area contributed by atoms with Crippen LogP contribution in [0.4, 0.5) is 0 Å². The fraction of sp³-hybridized carbons (Fsp3) is 0.625. The van der Waals surface area contributed by atoms with Gasteiger partial charge in [0, 0.05) is 5.41 Å². The molecule has 0 radical (unpaired) electrons. The molecular weight excluding hydrogens is 416 g/mol. The first-order valence-corrected chi connectivity index (χ1v) is 12.8. The summed E-state index contributed by atoms with van der Waals surface area (Å²) in [5.74, 6) is 0.831. The third-order valence-corrected chi connectivity index (χ3v) is 7.43. The highest BCUT2D eigenvalue weighted by Crippen LogP contribution is 2.48. The largest absolute Gasteiger partial charge is 0.507 e. The van der Waals surface area contributed by atoms with Crippen molar-refractivity contribution in [1.29, 1.82) is 0 Å². The van der Waals surface area contributed by atoms with Crippen LogP contribution in [0.3, 0.4) is 0 Å². The first-order valence-electron chi connectivity index (χ1n) is 12.8. The van der Waals surface area contributed by atoms with Crippen molar-refractivity contribution in [2.24, 2.45) is 0 Å². The van der Waals surface area contributed by atoms with Crippen LogP contribution < -0.4 is 0 Å². The van der Waals surface area contributed by atoms with Gasteiger partial charge < -0.3 is 10.2 Å². The molecule has 0 spiro atoms. The lowest BCUT2D eigenvalue weighted by Gasteiger charge is -2.37. The standard InChI is InChI=1S/C32H50O2/c1-15-32(14,20-16-22(28(2,3)4)26(33)23(17-20)29(5,6)7)21-18-24(30(8,9)10)27(34)25(19-21)31(11,12)13/h16-19,33-34H,15H2,1-14H3. The fourth-order valence-corrected chi connectivity index (χ4v) is 4.77. The summed E-state index contributed by atoms with van der Waals surface area (Å²) in [5, 5.41) is 22.6. The Kier molecular flexibility index (Phi) is 7.16. The van der Waals surface area contributed by atoms with E-state index in [-0.39, 0.29) is 27.1 Å². The van der Waals surface area contributed by atoms with Crippen molar-refractivity contribution in [1.82, 2.24) is 0 Å². The molecule has 0 aliphatic carbocycles. The number of phenols is 2. The third kappa shape index (κ3) is 5.31. The molecular formula is C32H50O2. The molecule has 0 heterocycles. The summed E-state index contributed by atoms with van der Waals surface area (Å²) in [6.07, 6.45) is 0.906. The molecule has 0 amide bonds. The molecule has 2 N–H and O–H groups in total. The maximum atomic E-state index is 11.3. The van der Waals surface area contributed by atoms with Gasteiger partial charge in [0.25, 0.3) is 0 Å². The minimum atomic E-state index is -0.276. The lowest BCUT2D eigenvalue weighted by Crippen LogP contribution is -2.28. The van der Waals surface area contributed by atoms with Gasteiger partial charge in [-0.3, -0.25) is 0 Å². The molecule has 2 rings (SSSR count). The van der Waals surface area contributed by atoms with E-state index in [0.717, 1.165) is 28.7 Å². The predicted octanol–water partition coefficient (Wildman–Crippen LogP) is 9.00. The van der Waals surface area contributed by atoms with E-state index in [1.54, 1.807) is 0 Å². The van der Waals surface area contributed by atoms with Crippen LogP contribution in [-0.4, -0.2) is 10.2 Å². The van der Waals surface area contributed by atoms with Gasteiger partial charge in [-0.05, 0) is 61.5 Å². The lowest BCUT2D eigenvalue weighted by molar-refractivity contribution is 0.418. The minimum absolute atomic E-state index is 0.184. The van der Waals surface area contributed by atoms with Crippen LogP contribution in [0.2, 0.25) is 0 Å². The number of aromatic hydroxyl groups is 2. The van der Waals surface area contributed by atoms with Gasteiger partial charge in [-0.25, -0.2) is 0 Å². The molecule has 0 atom stereocenters. The van der Waals surface area contributed by atoms with Crippen LogP contribution in [0.5, 0.6) is 11.5 Å². The zero-order valence-corrected chi connectivity index (χ0v) is 24.4. The molecule has 34 heavy (non-hydrogen) atoms. The molecule has 2 nitrogen and oxygen atoms in total. The van der Waals surface area contributed by atoms with Crippen LogP contribution in [0.15, 0.2) is 24.3 Å². The van der Waals surface area contributed by atoms with Crippen molar-refractivity contribution in [3.8, 4) is 11.5 Å². The van der Waals surface area contributed by atoms with Crippen molar-refractivity contribution in [2.45, 2.75) is 130 Å². The number of benzene rings is 2. The maximum Gasteiger partial charge on any atom is 0.123 e. The van der Waals surface area contributed by atoms with E-state index in [1.165, 1.54) is 11.1 Å². The number of phenolic OH excluding ortho intramolecular Hbond substituents is 2. The highest BCUT2D eigenvalue weighted by molar-refractivity contribution is 5.57. The molecule has 2 aromatic carbocycles. The second kappa shape index (κ2) is 8.61. The van der Waals surface area contributed by atoms with E-state index in [1.807, 2.05) is 0 Å². The van der Waals surface area contributed by atoms with Gasteiger partial charge in [0.15, 0.2) is 0 Å². The van der Waals surface area contributed by atoms with Crippen molar-refractivity contribution in [3.05, 3.63) is 57.6 Å². The van der Waals surface area contributed by atoms with Gasteiger partial charge in [-0.2, -0.15) is 0 Å². The van der Waals surface area contributed by atoms with Gasteiger partial charge in [0.2, 0.25) is 0 Å². The first kappa shape index (κ1) is 28.3. The van der Waals surface area contributed by atoms with Gasteiger partial charge >= 0.3 is 0 Å². The van der Waals surface area contributed by atoms with Gasteiger partial charge in [0.1, 0.15) is 11.5 Å². The summed E-state index contributed by atoms with van der Waals surface area (Å²) in [6, 6.07) is 8.87. The second-order valence-electron chi connectivity index (χ2n) is 14.5. The number of rotatable bonds is 3. The molecule has 0 fully saturated rings. The summed E-state index contributed by atoms with van der Waals surface area (Å²) >= 11 is 0. The van der Waals surface area contributed by atoms with E-state index in [9.17, 15) is 10.2 Å². The van der Waals surface area contributed by atoms with Crippen molar-refractivity contribution >= 4 is 0 Å². The Bertz CT molecular complexity index is 893. The van der Waals surface area contributed by atoms with E-state index in [4.69, 9.17) is 0 Å². The Morgan fingerprint density at radius 2 is 0.676 bits per heavy atom. The fourth-order valence-electron chi connectivity index (χ4n) is 4.77. The smallest absolute Gasteiger partial charge is 0.123 e. The summed E-state index contributed by atoms with van der Waals surface area (Å²) < 4.78 is 0. The van der Waals surface area contributed by atoms with Crippen LogP contribution in [0, 0.1) is 0 Å². The van der Waals surface area contributed by atoms with Crippen LogP contribution in [0.1, 0.15) is 137 Å². The lowest BCUT2D eigenvalue weighted by atomic mass is 9.67. The quantitative estimate of drug-likeness (QED) is 0.474. The molecule has 0 aliphatic rings. The molecule has 2 aromatic rings. The van der Waals surface area contributed by atoms with Crippen LogP contribution in [0.25, 0.3) is 0 Å². The van der Waals surface area contributed by atoms with Gasteiger partial charge in [0.05, 0.1) is 0 Å². The Labute approximate surface area is 209 Å². The average Bonchev–Trinajstić information content (AvgIpc) is 2.63. The van der Waals surface area contributed by atoms with Crippen LogP contribution in [-0.2, 0) is 27.1 Å². The monoisotopic (exact) mass is 466 g/mol. The van der Waals surface area contributed by atoms with Gasteiger partial charge in [-0.1, -0.05) is 121 Å². The highest BCUT2D eigenvalue weighted by Gasteiger charge is 2.36. The molecule has 0 aromatic heterocycles. The maximum absolute atomic E-state index is 11.3. The Morgan fingerprint density at radius 1 is 0.471 bits per heavy atom. The summed E-state index contributed by atoms with van der Waals surface area (Å²) in [7, 11) is 0. The molecule has 0 saturated heterocycles. The molecule has 190 valence electrons. The summed E-state index contributed by atoms with van der Waals surface area (Å²) in [5.41, 5.74) is 5.37. The highest BCUT2D eigenvalue weighted by atomic mass is 16.3. The molecule has 0 bridgehead atoms. The normalized spacial score (nSPS) is 13.9. The zero-order valence-electron chi connectivity index (χ0n) is 24.4. The molecule has 0 saturated carbocycles. The Hall–Kier alpha value is -1.96. The van der Waals surface area contributed by atoms with Crippen molar-refractivity contribution < 1.29 is 10.2 Å². The molecule has 0 aliphatic heterocycles. The summed E-state index contributed by atoms with van der Waals surface area (Å²) in [4.78, 5) is 0. The van der Waals surface area contributed by atoms with E-state index in [0.29, 0.717) is 11.5 Å². The Morgan fingerprint density at radius 3 is 0.824 bits per heavy atom. The molecule has 2 heteroatoms. The predicted molar refractivity (Wildman–Crippen MR) is 148 cm³/mol. The average molecular weight is 467 g/mol. The summed E-state index contributed by atoms with van der Waals surface area (Å²) in [6.45, 7) is 30.5. The van der Waals surface area contributed by atoms with Crippen molar-refractivity contribution in [2.75, 3.05) is 0 Å². The topological polar surface area (TPSA) is 40.5 Å². The van der Waals surface area contributed by atoms with E-state index >= 15 is 0 Å². The third-order valence-electron chi connectivity index (χ3n) is 7.43. The minimum Gasteiger partial charge on any atom is -0.507 e. The number of hydrogen-bond acceptors (Lipinski definition) is 2. The molecule has 0 unspecified atom stereocenters. The zero-order chi connectivity index (χ0) is 26.7. The number of hydrogen-bond donors (Lipinski definition) is 2. The van der Waals surface area contributed by atoms with Crippen LogP contribution >= 0.6 is 0 Å².